The number of para-hydroxylation sites is 1. The van der Waals surface area contributed by atoms with E-state index in [1.807, 2.05) is 42.5 Å². The quantitative estimate of drug-likeness (QED) is 0.718. The van der Waals surface area contributed by atoms with Crippen LogP contribution in [0.4, 0.5) is 11.4 Å². The normalized spacial score (nSPS) is 13.4. The van der Waals surface area contributed by atoms with Gasteiger partial charge in [0.15, 0.2) is 0 Å². The Kier molecular flexibility index (Phi) is 3.73. The van der Waals surface area contributed by atoms with Gasteiger partial charge in [0.25, 0.3) is 11.8 Å². The maximum atomic E-state index is 13.0. The van der Waals surface area contributed by atoms with Gasteiger partial charge in [-0.3, -0.25) is 9.59 Å². The second-order valence-corrected chi connectivity index (χ2v) is 6.10. The van der Waals surface area contributed by atoms with Gasteiger partial charge in [-0.25, -0.2) is 4.90 Å². The van der Waals surface area contributed by atoms with Crippen molar-refractivity contribution in [2.45, 2.75) is 13.3 Å². The zero-order valence-corrected chi connectivity index (χ0v) is 14.0. The summed E-state index contributed by atoms with van der Waals surface area (Å²) in [5, 5.41) is 5.03. The zero-order chi connectivity index (χ0) is 17.4. The minimum absolute atomic E-state index is 0.276. The van der Waals surface area contributed by atoms with Gasteiger partial charge in [0.2, 0.25) is 0 Å². The summed E-state index contributed by atoms with van der Waals surface area (Å²) in [5.41, 5.74) is 2.68. The van der Waals surface area contributed by atoms with Gasteiger partial charge in [-0.05, 0) is 36.8 Å². The molecule has 25 heavy (non-hydrogen) atoms. The maximum Gasteiger partial charge on any atom is 0.265 e. The highest BCUT2D eigenvalue weighted by molar-refractivity contribution is 6.36. The summed E-state index contributed by atoms with van der Waals surface area (Å²) >= 11 is 0. The number of nitrogens with zero attached hydrogens (tertiary/aromatic N) is 1. The SMILES string of the molecule is CCCNc1ccc2c3c(cccc13)C(=O)N(c1ccccc1)C2=O. The summed E-state index contributed by atoms with van der Waals surface area (Å²) < 4.78 is 0. The molecule has 0 saturated carbocycles. The van der Waals surface area contributed by atoms with Gasteiger partial charge in [0, 0.05) is 34.1 Å². The first kappa shape index (κ1) is 15.4. The van der Waals surface area contributed by atoms with Crippen LogP contribution in [0.5, 0.6) is 0 Å². The number of benzene rings is 3. The van der Waals surface area contributed by atoms with E-state index in [1.54, 1.807) is 18.2 Å². The number of hydrogen-bond acceptors (Lipinski definition) is 3. The Morgan fingerprint density at radius 2 is 1.56 bits per heavy atom. The molecule has 1 N–H and O–H groups in total. The lowest BCUT2D eigenvalue weighted by atomic mass is 9.92. The Morgan fingerprint density at radius 3 is 2.28 bits per heavy atom. The highest BCUT2D eigenvalue weighted by Gasteiger charge is 2.34. The summed E-state index contributed by atoms with van der Waals surface area (Å²) in [6, 6.07) is 18.4. The van der Waals surface area contributed by atoms with Crippen LogP contribution < -0.4 is 10.2 Å². The van der Waals surface area contributed by atoms with Crippen LogP contribution in [0.15, 0.2) is 60.7 Å². The van der Waals surface area contributed by atoms with Gasteiger partial charge in [-0.15, -0.1) is 0 Å². The van der Waals surface area contributed by atoms with E-state index in [0.29, 0.717) is 16.8 Å². The molecule has 0 unspecified atom stereocenters. The predicted molar refractivity (Wildman–Crippen MR) is 100 cm³/mol. The summed E-state index contributed by atoms with van der Waals surface area (Å²) in [4.78, 5) is 27.3. The van der Waals surface area contributed by atoms with E-state index in [2.05, 4.69) is 12.2 Å². The molecule has 1 aliphatic rings. The van der Waals surface area contributed by atoms with Gasteiger partial charge in [-0.2, -0.15) is 0 Å². The number of rotatable bonds is 4. The molecule has 1 aliphatic heterocycles. The second-order valence-electron chi connectivity index (χ2n) is 6.10. The number of carbonyl (C=O) groups excluding carboxylic acids is 2. The molecule has 0 fully saturated rings. The highest BCUT2D eigenvalue weighted by Crippen LogP contribution is 2.36. The minimum Gasteiger partial charge on any atom is -0.385 e. The summed E-state index contributed by atoms with van der Waals surface area (Å²) in [7, 11) is 0. The number of carbonyl (C=O) groups is 2. The van der Waals surface area contributed by atoms with Crippen LogP contribution in [0.1, 0.15) is 34.1 Å². The number of hydrogen-bond donors (Lipinski definition) is 1. The Labute approximate surface area is 146 Å². The van der Waals surface area contributed by atoms with Crippen LogP contribution in [-0.4, -0.2) is 18.4 Å². The standard InChI is InChI=1S/C21H18N2O2/c1-2-13-22-18-12-11-17-19-15(18)9-6-10-16(19)20(24)23(21(17)25)14-7-4-3-5-8-14/h3-12,22H,2,13H2,1H3. The monoisotopic (exact) mass is 330 g/mol. The van der Waals surface area contributed by atoms with Crippen LogP contribution >= 0.6 is 0 Å². The Balaban J connectivity index is 1.92. The average molecular weight is 330 g/mol. The molecular formula is C21H18N2O2. The molecule has 1 heterocycles. The first-order valence-corrected chi connectivity index (χ1v) is 8.46. The van der Waals surface area contributed by atoms with E-state index in [9.17, 15) is 9.59 Å². The topological polar surface area (TPSA) is 49.4 Å². The van der Waals surface area contributed by atoms with Crippen LogP contribution in [0, 0.1) is 0 Å². The first-order valence-electron chi connectivity index (χ1n) is 8.46. The van der Waals surface area contributed by atoms with Gasteiger partial charge >= 0.3 is 0 Å². The fourth-order valence-electron chi connectivity index (χ4n) is 3.32. The van der Waals surface area contributed by atoms with Crippen molar-refractivity contribution in [1.29, 1.82) is 0 Å². The van der Waals surface area contributed by atoms with Crippen molar-refractivity contribution in [3.63, 3.8) is 0 Å². The molecule has 4 rings (SSSR count). The van der Waals surface area contributed by atoms with Crippen LogP contribution in [0.25, 0.3) is 10.8 Å². The Bertz CT molecular complexity index is 958. The molecule has 4 nitrogen and oxygen atoms in total. The van der Waals surface area contributed by atoms with Gasteiger partial charge < -0.3 is 5.32 Å². The number of imide groups is 1. The largest absolute Gasteiger partial charge is 0.385 e. The first-order chi connectivity index (χ1) is 12.2. The smallest absolute Gasteiger partial charge is 0.265 e. The highest BCUT2D eigenvalue weighted by atomic mass is 16.2. The molecule has 0 aliphatic carbocycles. The third-order valence-corrected chi connectivity index (χ3v) is 4.49. The molecule has 0 radical (unpaired) electrons. The van der Waals surface area contributed by atoms with Crippen molar-refractivity contribution in [3.8, 4) is 0 Å². The molecule has 4 heteroatoms. The molecule has 3 aromatic rings. The van der Waals surface area contributed by atoms with E-state index in [1.165, 1.54) is 4.90 Å². The predicted octanol–water partition coefficient (Wildman–Crippen LogP) is 4.46. The Morgan fingerprint density at radius 1 is 0.840 bits per heavy atom. The molecule has 3 aromatic carbocycles. The van der Waals surface area contributed by atoms with E-state index >= 15 is 0 Å². The fourth-order valence-corrected chi connectivity index (χ4v) is 3.32. The fraction of sp³-hybridized carbons (Fsp3) is 0.143. The summed E-state index contributed by atoms with van der Waals surface area (Å²) in [6.45, 7) is 2.94. The average Bonchev–Trinajstić information content (AvgIpc) is 2.65. The van der Waals surface area contributed by atoms with Crippen molar-refractivity contribution >= 4 is 34.0 Å². The molecule has 124 valence electrons. The van der Waals surface area contributed by atoms with Crippen LogP contribution in [0.3, 0.4) is 0 Å². The number of amides is 2. The lowest BCUT2D eigenvalue weighted by Crippen LogP contribution is -2.40. The summed E-state index contributed by atoms with van der Waals surface area (Å²) in [6.07, 6.45) is 1.00. The summed E-state index contributed by atoms with van der Waals surface area (Å²) in [5.74, 6) is -0.552. The number of nitrogens with one attached hydrogen (secondary N) is 1. The third-order valence-electron chi connectivity index (χ3n) is 4.49. The van der Waals surface area contributed by atoms with Gasteiger partial charge in [0.1, 0.15) is 0 Å². The lowest BCUT2D eigenvalue weighted by Gasteiger charge is -2.27. The minimum atomic E-state index is -0.276. The molecule has 0 bridgehead atoms. The third kappa shape index (κ3) is 2.38. The molecule has 0 atom stereocenters. The van der Waals surface area contributed by atoms with Crippen molar-refractivity contribution in [3.05, 3.63) is 71.8 Å². The maximum absolute atomic E-state index is 13.0. The number of anilines is 2. The van der Waals surface area contributed by atoms with Crippen molar-refractivity contribution < 1.29 is 9.59 Å². The van der Waals surface area contributed by atoms with Gasteiger partial charge in [0.05, 0.1) is 5.69 Å². The van der Waals surface area contributed by atoms with E-state index < -0.39 is 0 Å². The van der Waals surface area contributed by atoms with E-state index in [4.69, 9.17) is 0 Å². The molecular weight excluding hydrogens is 312 g/mol. The van der Waals surface area contributed by atoms with Gasteiger partial charge in [-0.1, -0.05) is 37.3 Å². The van der Waals surface area contributed by atoms with E-state index in [-0.39, 0.29) is 11.8 Å². The van der Waals surface area contributed by atoms with Crippen LogP contribution in [-0.2, 0) is 0 Å². The van der Waals surface area contributed by atoms with Crippen molar-refractivity contribution in [1.82, 2.24) is 0 Å². The second kappa shape index (κ2) is 6.06. The Hall–Kier alpha value is -3.14. The van der Waals surface area contributed by atoms with Crippen molar-refractivity contribution in [2.24, 2.45) is 0 Å². The van der Waals surface area contributed by atoms with Crippen LogP contribution in [0.2, 0.25) is 0 Å². The molecule has 0 saturated heterocycles. The molecule has 0 aromatic heterocycles. The van der Waals surface area contributed by atoms with E-state index in [0.717, 1.165) is 29.4 Å². The van der Waals surface area contributed by atoms with Crippen molar-refractivity contribution in [2.75, 3.05) is 16.8 Å². The zero-order valence-electron chi connectivity index (χ0n) is 14.0. The molecule has 0 spiro atoms. The lowest BCUT2D eigenvalue weighted by molar-refractivity contribution is 0.0893. The molecule has 2 amide bonds.